The molecule has 2 aromatic carbocycles. The van der Waals surface area contributed by atoms with Crippen molar-refractivity contribution >= 4 is 51.7 Å². The van der Waals surface area contributed by atoms with Gasteiger partial charge in [-0.3, -0.25) is 14.5 Å². The fraction of sp³-hybridized carbons (Fsp3) is 0.286. The van der Waals surface area contributed by atoms with Crippen LogP contribution in [0.2, 0.25) is 5.02 Å². The van der Waals surface area contributed by atoms with E-state index in [-0.39, 0.29) is 18.2 Å². The van der Waals surface area contributed by atoms with Crippen molar-refractivity contribution in [2.45, 2.75) is 32.4 Å². The van der Waals surface area contributed by atoms with E-state index in [1.54, 1.807) is 19.2 Å². The number of hydrogen-bond acceptors (Lipinski definition) is 4. The standard InChI is InChI=1S/C21H22ClN3O2S/c1-12-6-8-16(9-14(12)3)23-19(26)11-18-20(27)25(4)21(28-18)24-17-10-15(22)7-5-13(17)2/h5-10,18H,11H2,1-4H3,(H,23,26)/t18-/m1/s1. The zero-order valence-corrected chi connectivity index (χ0v) is 17.8. The molecule has 0 spiro atoms. The van der Waals surface area contributed by atoms with Crippen LogP contribution in [0.5, 0.6) is 0 Å². The number of anilines is 1. The van der Waals surface area contributed by atoms with Gasteiger partial charge in [0.25, 0.3) is 0 Å². The van der Waals surface area contributed by atoms with Gasteiger partial charge in [-0.1, -0.05) is 35.5 Å². The molecule has 3 rings (SSSR count). The number of nitrogens with zero attached hydrogens (tertiary/aromatic N) is 2. The Morgan fingerprint density at radius 2 is 1.86 bits per heavy atom. The number of hydrogen-bond donors (Lipinski definition) is 1. The Morgan fingerprint density at radius 3 is 2.57 bits per heavy atom. The van der Waals surface area contributed by atoms with E-state index in [9.17, 15) is 9.59 Å². The monoisotopic (exact) mass is 415 g/mol. The highest BCUT2D eigenvalue weighted by molar-refractivity contribution is 8.15. The lowest BCUT2D eigenvalue weighted by molar-refractivity contribution is -0.127. The quantitative estimate of drug-likeness (QED) is 0.775. The van der Waals surface area contributed by atoms with Gasteiger partial charge in [0.05, 0.1) is 5.69 Å². The Kier molecular flexibility index (Phi) is 6.10. The molecule has 1 saturated heterocycles. The van der Waals surface area contributed by atoms with E-state index in [0.29, 0.717) is 10.2 Å². The van der Waals surface area contributed by atoms with Crippen LogP contribution in [0, 0.1) is 20.8 Å². The summed E-state index contributed by atoms with van der Waals surface area (Å²) in [6.45, 7) is 5.95. The zero-order chi connectivity index (χ0) is 20.4. The highest BCUT2D eigenvalue weighted by atomic mass is 35.5. The highest BCUT2D eigenvalue weighted by Crippen LogP contribution is 2.32. The molecule has 2 amide bonds. The number of carbonyl (C=O) groups is 2. The van der Waals surface area contributed by atoms with Gasteiger partial charge in [-0.2, -0.15) is 0 Å². The minimum atomic E-state index is -0.491. The molecule has 0 aromatic heterocycles. The number of amidine groups is 1. The van der Waals surface area contributed by atoms with Gasteiger partial charge in [-0.25, -0.2) is 4.99 Å². The van der Waals surface area contributed by atoms with Crippen LogP contribution in [0.3, 0.4) is 0 Å². The van der Waals surface area contributed by atoms with Crippen molar-refractivity contribution in [2.75, 3.05) is 12.4 Å². The molecule has 0 bridgehead atoms. The maximum atomic E-state index is 12.6. The number of aliphatic imine (C=N–C) groups is 1. The van der Waals surface area contributed by atoms with Crippen LogP contribution in [0.4, 0.5) is 11.4 Å². The smallest absolute Gasteiger partial charge is 0.242 e. The van der Waals surface area contributed by atoms with Crippen LogP contribution in [0.15, 0.2) is 41.4 Å². The number of benzene rings is 2. The summed E-state index contributed by atoms with van der Waals surface area (Å²) < 4.78 is 0. The number of amides is 2. The molecular formula is C21H22ClN3O2S. The summed E-state index contributed by atoms with van der Waals surface area (Å²) in [5, 5.41) is 3.54. The molecule has 28 heavy (non-hydrogen) atoms. The predicted octanol–water partition coefficient (Wildman–Crippen LogP) is 4.86. The third-order valence-electron chi connectivity index (χ3n) is 4.69. The van der Waals surface area contributed by atoms with Crippen molar-refractivity contribution in [3.63, 3.8) is 0 Å². The lowest BCUT2D eigenvalue weighted by Crippen LogP contribution is -2.30. The second-order valence-electron chi connectivity index (χ2n) is 6.88. The summed E-state index contributed by atoms with van der Waals surface area (Å²) in [6, 6.07) is 11.2. The Balaban J connectivity index is 1.70. The lowest BCUT2D eigenvalue weighted by Gasteiger charge is -2.10. The number of carbonyl (C=O) groups excluding carboxylic acids is 2. The fourth-order valence-corrected chi connectivity index (χ4v) is 4.12. The Morgan fingerprint density at radius 1 is 1.14 bits per heavy atom. The number of halogens is 1. The number of rotatable bonds is 4. The largest absolute Gasteiger partial charge is 0.326 e. The first-order chi connectivity index (χ1) is 13.2. The molecule has 146 valence electrons. The Hall–Kier alpha value is -2.31. The summed E-state index contributed by atoms with van der Waals surface area (Å²) >= 11 is 7.36. The number of aryl methyl sites for hydroxylation is 3. The zero-order valence-electron chi connectivity index (χ0n) is 16.2. The average Bonchev–Trinajstić information content (AvgIpc) is 2.89. The molecule has 1 aliphatic heterocycles. The first-order valence-corrected chi connectivity index (χ1v) is 10.2. The van der Waals surface area contributed by atoms with Gasteiger partial charge in [0.15, 0.2) is 5.17 Å². The van der Waals surface area contributed by atoms with Crippen molar-refractivity contribution < 1.29 is 9.59 Å². The van der Waals surface area contributed by atoms with Crippen molar-refractivity contribution in [2.24, 2.45) is 4.99 Å². The molecule has 0 radical (unpaired) electrons. The second kappa shape index (κ2) is 8.37. The van der Waals surface area contributed by atoms with Crippen LogP contribution in [-0.2, 0) is 9.59 Å². The predicted molar refractivity (Wildman–Crippen MR) is 117 cm³/mol. The van der Waals surface area contributed by atoms with Crippen LogP contribution in [0.1, 0.15) is 23.1 Å². The van der Waals surface area contributed by atoms with Gasteiger partial charge in [-0.15, -0.1) is 0 Å². The van der Waals surface area contributed by atoms with E-state index in [1.807, 2.05) is 45.0 Å². The molecule has 2 aromatic rings. The molecule has 1 heterocycles. The fourth-order valence-electron chi connectivity index (χ4n) is 2.80. The van der Waals surface area contributed by atoms with E-state index in [2.05, 4.69) is 10.3 Å². The summed E-state index contributed by atoms with van der Waals surface area (Å²) in [4.78, 5) is 31.1. The Labute approximate surface area is 174 Å². The van der Waals surface area contributed by atoms with E-state index >= 15 is 0 Å². The van der Waals surface area contributed by atoms with E-state index in [0.717, 1.165) is 22.5 Å². The average molecular weight is 416 g/mol. The number of nitrogens with one attached hydrogen (secondary N) is 1. The Bertz CT molecular complexity index is 974. The molecule has 1 aliphatic rings. The molecule has 7 heteroatoms. The molecule has 0 aliphatic carbocycles. The summed E-state index contributed by atoms with van der Waals surface area (Å²) in [6.07, 6.45) is 0.0916. The molecule has 1 atom stereocenters. The van der Waals surface area contributed by atoms with Crippen molar-refractivity contribution in [3.05, 3.63) is 58.1 Å². The van der Waals surface area contributed by atoms with Gasteiger partial charge >= 0.3 is 0 Å². The minimum Gasteiger partial charge on any atom is -0.326 e. The second-order valence-corrected chi connectivity index (χ2v) is 8.49. The third-order valence-corrected chi connectivity index (χ3v) is 6.15. The third kappa shape index (κ3) is 4.56. The van der Waals surface area contributed by atoms with Crippen molar-refractivity contribution in [3.8, 4) is 0 Å². The minimum absolute atomic E-state index is 0.0916. The van der Waals surface area contributed by atoms with Gasteiger partial charge in [-0.05, 0) is 61.7 Å². The first kappa shape index (κ1) is 20.4. The summed E-state index contributed by atoms with van der Waals surface area (Å²) in [5.41, 5.74) is 4.69. The van der Waals surface area contributed by atoms with Gasteiger partial charge in [0.2, 0.25) is 11.8 Å². The highest BCUT2D eigenvalue weighted by Gasteiger charge is 2.37. The van der Waals surface area contributed by atoms with Crippen molar-refractivity contribution in [1.29, 1.82) is 0 Å². The maximum Gasteiger partial charge on any atom is 0.242 e. The molecule has 0 unspecified atom stereocenters. The van der Waals surface area contributed by atoms with Crippen LogP contribution in [-0.4, -0.2) is 34.2 Å². The summed E-state index contributed by atoms with van der Waals surface area (Å²) in [5.74, 6) is -0.318. The van der Waals surface area contributed by atoms with Crippen molar-refractivity contribution in [1.82, 2.24) is 4.90 Å². The van der Waals surface area contributed by atoms with Gasteiger partial charge in [0.1, 0.15) is 5.25 Å². The van der Waals surface area contributed by atoms with E-state index < -0.39 is 5.25 Å². The first-order valence-electron chi connectivity index (χ1n) is 8.91. The topological polar surface area (TPSA) is 61.8 Å². The van der Waals surface area contributed by atoms with E-state index in [1.165, 1.54) is 22.2 Å². The molecule has 5 nitrogen and oxygen atoms in total. The molecule has 1 fully saturated rings. The van der Waals surface area contributed by atoms with Gasteiger partial charge < -0.3 is 5.32 Å². The SMILES string of the molecule is Cc1ccc(NC(=O)C[C@H]2SC(=Nc3cc(Cl)ccc3C)N(C)C2=O)cc1C. The number of thioether (sulfide) groups is 1. The maximum absolute atomic E-state index is 12.6. The van der Waals surface area contributed by atoms with Crippen LogP contribution < -0.4 is 5.32 Å². The summed E-state index contributed by atoms with van der Waals surface area (Å²) in [7, 11) is 1.68. The lowest BCUT2D eigenvalue weighted by atomic mass is 10.1. The molecule has 0 saturated carbocycles. The van der Waals surface area contributed by atoms with Gasteiger partial charge in [0, 0.05) is 24.2 Å². The molecule has 1 N–H and O–H groups in total. The molecular weight excluding hydrogens is 394 g/mol. The normalized spacial score (nSPS) is 18.0. The van der Waals surface area contributed by atoms with Crippen LogP contribution >= 0.6 is 23.4 Å². The van der Waals surface area contributed by atoms with E-state index in [4.69, 9.17) is 11.6 Å². The van der Waals surface area contributed by atoms with Crippen LogP contribution in [0.25, 0.3) is 0 Å².